The molecule has 9 nitrogen and oxygen atoms in total. The first kappa shape index (κ1) is 28.6. The van der Waals surface area contributed by atoms with Crippen molar-refractivity contribution in [2.24, 2.45) is 0 Å². The molecule has 1 atom stereocenters. The summed E-state index contributed by atoms with van der Waals surface area (Å²) in [4.78, 5) is 20.5. The van der Waals surface area contributed by atoms with Gasteiger partial charge < -0.3 is 29.8 Å². The molecule has 0 aliphatic carbocycles. The summed E-state index contributed by atoms with van der Waals surface area (Å²) in [6.45, 7) is 0. The molecule has 1 rings (SSSR count). The molecular weight excluding hydrogens is 361 g/mol. The van der Waals surface area contributed by atoms with Gasteiger partial charge in [0.15, 0.2) is 0 Å². The van der Waals surface area contributed by atoms with Gasteiger partial charge in [0.25, 0.3) is 0 Å². The van der Waals surface area contributed by atoms with Crippen LogP contribution in [0, 0.1) is 0 Å². The summed E-state index contributed by atoms with van der Waals surface area (Å²) in [6.07, 6.45) is -0.817. The van der Waals surface area contributed by atoms with Crippen LogP contribution in [0.2, 0.25) is 0 Å². The number of carboxylic acid groups (broad SMARTS) is 2. The number of carbonyl (C=O) groups excluding carboxylic acids is 2. The number of hydrazine groups is 1. The Morgan fingerprint density at radius 1 is 1.04 bits per heavy atom. The van der Waals surface area contributed by atoms with Gasteiger partial charge in [0, 0.05) is 18.1 Å². The summed E-state index contributed by atoms with van der Waals surface area (Å²) in [5.74, 6) is -3.23. The number of hydrogen-bond acceptors (Lipinski definition) is 9. The van der Waals surface area contributed by atoms with Gasteiger partial charge in [-0.25, -0.2) is 13.8 Å². The van der Waals surface area contributed by atoms with Gasteiger partial charge in [0.1, 0.15) is 10.1 Å². The molecule has 0 spiro atoms. The van der Waals surface area contributed by atoms with Crippen molar-refractivity contribution in [2.45, 2.75) is 17.4 Å². The predicted molar refractivity (Wildman–Crippen MR) is 59.6 cm³/mol. The van der Waals surface area contributed by atoms with Crippen molar-refractivity contribution in [1.29, 1.82) is 0 Å². The number of aliphatic carboxylic acids is 2. The maximum Gasteiger partial charge on any atom is 1.00 e. The van der Waals surface area contributed by atoms with Crippen LogP contribution in [-0.4, -0.2) is 31.0 Å². The minimum absolute atomic E-state index is 0. The van der Waals surface area contributed by atoms with E-state index in [0.717, 1.165) is 12.1 Å². The number of nitrogens with one attached hydrogen (secondary N) is 2. The first-order valence-corrected chi connectivity index (χ1v) is 6.59. The minimum Gasteiger partial charge on any atom is -0.744 e. The Kier molecular flexibility index (Phi) is 16.3. The molecule has 0 saturated heterocycles. The van der Waals surface area contributed by atoms with Crippen LogP contribution in [0.3, 0.4) is 0 Å². The van der Waals surface area contributed by atoms with Crippen LogP contribution < -0.4 is 110 Å². The standard InChI is InChI=1S/C10H12N2O7S.3Na/c13-9(14)5-8(10(15)16)12-11-6-1-3-7(4-2-6)20(17,18)19;;;/h1-4,8,11-12H,5H2,(H,13,14)(H,15,16)(H,17,18,19);;;/q;3*+1/p-3. The smallest absolute Gasteiger partial charge is 0.744 e. The molecule has 0 heterocycles. The maximum atomic E-state index is 10.7. The Hall–Kier alpha value is 0.830. The van der Waals surface area contributed by atoms with Gasteiger partial charge in [0.05, 0.1) is 16.9 Å². The van der Waals surface area contributed by atoms with Gasteiger partial charge in [-0.2, -0.15) is 0 Å². The zero-order valence-electron chi connectivity index (χ0n) is 12.9. The van der Waals surface area contributed by atoms with Gasteiger partial charge in [0.2, 0.25) is 0 Å². The minimum atomic E-state index is -4.57. The average Bonchev–Trinajstić information content (AvgIpc) is 2.33. The molecule has 0 aliphatic rings. The van der Waals surface area contributed by atoms with E-state index in [0.29, 0.717) is 0 Å². The first-order chi connectivity index (χ1) is 9.20. The molecule has 1 unspecified atom stereocenters. The van der Waals surface area contributed by atoms with E-state index in [4.69, 9.17) is 0 Å². The summed E-state index contributed by atoms with van der Waals surface area (Å²) >= 11 is 0. The van der Waals surface area contributed by atoms with Gasteiger partial charge >= 0.3 is 88.7 Å². The fourth-order valence-corrected chi connectivity index (χ4v) is 1.70. The van der Waals surface area contributed by atoms with E-state index in [-0.39, 0.29) is 94.4 Å². The molecule has 13 heteroatoms. The van der Waals surface area contributed by atoms with Gasteiger partial charge in [-0.3, -0.25) is 0 Å². The van der Waals surface area contributed by atoms with E-state index in [2.05, 4.69) is 10.9 Å². The summed E-state index contributed by atoms with van der Waals surface area (Å²) in [7, 11) is -4.57. The Balaban J connectivity index is -0.00000133. The van der Waals surface area contributed by atoms with Crippen molar-refractivity contribution in [3.8, 4) is 0 Å². The van der Waals surface area contributed by atoms with Gasteiger partial charge in [-0.1, -0.05) is 0 Å². The van der Waals surface area contributed by atoms with Crippen LogP contribution in [0.25, 0.3) is 0 Å². The van der Waals surface area contributed by atoms with E-state index in [9.17, 15) is 32.8 Å². The molecule has 0 bridgehead atoms. The molecule has 0 amide bonds. The second kappa shape index (κ2) is 13.1. The zero-order chi connectivity index (χ0) is 15.3. The van der Waals surface area contributed by atoms with E-state index in [1.54, 1.807) is 0 Å². The van der Waals surface area contributed by atoms with Crippen molar-refractivity contribution < 1.29 is 121 Å². The number of anilines is 1. The van der Waals surface area contributed by atoms with E-state index < -0.39 is 39.4 Å². The summed E-state index contributed by atoms with van der Waals surface area (Å²) < 4.78 is 32.0. The van der Waals surface area contributed by atoms with Crippen molar-refractivity contribution in [3.05, 3.63) is 24.3 Å². The molecule has 2 N–H and O–H groups in total. The Bertz CT molecular complexity index is 609. The number of benzene rings is 1. The average molecular weight is 370 g/mol. The van der Waals surface area contributed by atoms with Crippen molar-refractivity contribution >= 4 is 27.7 Å². The van der Waals surface area contributed by atoms with E-state index in [1.165, 1.54) is 12.1 Å². The number of rotatable bonds is 7. The summed E-state index contributed by atoms with van der Waals surface area (Å²) in [5, 5.41) is 20.9. The Morgan fingerprint density at radius 3 is 1.87 bits per heavy atom. The van der Waals surface area contributed by atoms with Crippen molar-refractivity contribution in [1.82, 2.24) is 5.43 Å². The molecule has 1 aromatic carbocycles. The first-order valence-electron chi connectivity index (χ1n) is 5.18. The third-order valence-corrected chi connectivity index (χ3v) is 3.04. The molecule has 0 fully saturated rings. The summed E-state index contributed by atoms with van der Waals surface area (Å²) in [5.41, 5.74) is 4.74. The van der Waals surface area contributed by atoms with Crippen LogP contribution >= 0.6 is 0 Å². The molecular formula is C10H9N2Na3O7S. The quantitative estimate of drug-likeness (QED) is 0.270. The number of hydrogen-bond donors (Lipinski definition) is 2. The molecule has 0 aromatic heterocycles. The summed E-state index contributed by atoms with van der Waals surface area (Å²) in [6, 6.07) is 2.88. The molecule has 23 heavy (non-hydrogen) atoms. The number of carbonyl (C=O) groups is 2. The van der Waals surface area contributed by atoms with Crippen LogP contribution in [0.5, 0.6) is 0 Å². The topological polar surface area (TPSA) is 162 Å². The largest absolute Gasteiger partial charge is 1.00 e. The fourth-order valence-electron chi connectivity index (χ4n) is 1.24. The van der Waals surface area contributed by atoms with Crippen LogP contribution in [0.15, 0.2) is 29.2 Å². The van der Waals surface area contributed by atoms with Gasteiger partial charge in [-0.05, 0) is 24.3 Å². The van der Waals surface area contributed by atoms with Crippen LogP contribution in [0.4, 0.5) is 5.69 Å². The maximum absolute atomic E-state index is 10.7. The van der Waals surface area contributed by atoms with E-state index >= 15 is 0 Å². The molecule has 1 aromatic rings. The predicted octanol–water partition coefficient (Wildman–Crippen LogP) is -12.2. The molecule has 110 valence electrons. The van der Waals surface area contributed by atoms with Gasteiger partial charge in [-0.15, -0.1) is 0 Å². The SMILES string of the molecule is O=C([O-])CC(NNc1ccc(S(=O)(=O)[O-])cc1)C(=O)[O-].[Na+].[Na+].[Na+]. The van der Waals surface area contributed by atoms with E-state index in [1.807, 2.05) is 0 Å². The molecule has 0 aliphatic heterocycles. The third-order valence-electron chi connectivity index (χ3n) is 2.19. The molecule has 0 radical (unpaired) electrons. The monoisotopic (exact) mass is 370 g/mol. The van der Waals surface area contributed by atoms with Crippen LogP contribution in [-0.2, 0) is 19.7 Å². The molecule has 0 saturated carbocycles. The third kappa shape index (κ3) is 11.1. The van der Waals surface area contributed by atoms with Crippen molar-refractivity contribution in [3.63, 3.8) is 0 Å². The second-order valence-electron chi connectivity index (χ2n) is 3.70. The van der Waals surface area contributed by atoms with Crippen LogP contribution in [0.1, 0.15) is 6.42 Å². The second-order valence-corrected chi connectivity index (χ2v) is 5.08. The normalized spacial score (nSPS) is 11.0. The van der Waals surface area contributed by atoms with Crippen molar-refractivity contribution in [2.75, 3.05) is 5.43 Å². The Labute approximate surface area is 199 Å². The number of carboxylic acids is 2. The zero-order valence-corrected chi connectivity index (χ0v) is 19.7. The fraction of sp³-hybridized carbons (Fsp3) is 0.200. The Morgan fingerprint density at radius 2 is 1.52 bits per heavy atom.